The van der Waals surface area contributed by atoms with Crippen molar-refractivity contribution in [2.75, 3.05) is 13.2 Å². The Morgan fingerprint density at radius 1 is 0.314 bits per heavy atom. The first-order valence-electron chi connectivity index (χ1n) is 23.2. The zero-order valence-electron chi connectivity index (χ0n) is 35.1. The Balaban J connectivity index is 5.23. The lowest BCUT2D eigenvalue weighted by molar-refractivity contribution is -0.171. The average molecular weight is 727 g/mol. The van der Waals surface area contributed by atoms with E-state index in [1.54, 1.807) is 0 Å². The minimum Gasteiger partial charge on any atom is -0.394 e. The molecule has 0 spiro atoms. The Morgan fingerprint density at radius 3 is 0.745 bits per heavy atom. The smallest absolute Gasteiger partial charge is 0.103 e. The maximum Gasteiger partial charge on any atom is 0.103 e. The summed E-state index contributed by atoms with van der Waals surface area (Å²) in [7, 11) is 0. The molecule has 51 heavy (non-hydrogen) atoms. The second-order valence-corrected chi connectivity index (χ2v) is 16.4. The van der Waals surface area contributed by atoms with Crippen molar-refractivity contribution in [2.24, 2.45) is 11.8 Å². The van der Waals surface area contributed by atoms with Gasteiger partial charge in [0.2, 0.25) is 0 Å². The molecule has 4 N–H and O–H groups in total. The summed E-state index contributed by atoms with van der Waals surface area (Å²) >= 11 is 0. The van der Waals surface area contributed by atoms with Crippen LogP contribution in [0.1, 0.15) is 246 Å². The summed E-state index contributed by atoms with van der Waals surface area (Å²) in [6.45, 7) is 8.32. The van der Waals surface area contributed by atoms with Crippen molar-refractivity contribution >= 4 is 0 Å². The molecule has 0 bridgehead atoms. The van der Waals surface area contributed by atoms with Gasteiger partial charge in [-0.1, -0.05) is 220 Å². The molecule has 0 aromatic carbocycles. The van der Waals surface area contributed by atoms with Gasteiger partial charge < -0.3 is 25.2 Å². The summed E-state index contributed by atoms with van der Waals surface area (Å²) in [5, 5.41) is 42.8. The lowest BCUT2D eigenvalue weighted by atomic mass is 9.84. The van der Waals surface area contributed by atoms with Crippen molar-refractivity contribution in [3.05, 3.63) is 0 Å². The lowest BCUT2D eigenvalue weighted by Crippen LogP contribution is -2.47. The molecule has 0 aromatic heterocycles. The number of rotatable bonds is 42. The molecule has 5 heteroatoms. The third kappa shape index (κ3) is 29.8. The fourth-order valence-electron chi connectivity index (χ4n) is 8.17. The van der Waals surface area contributed by atoms with E-state index in [1.807, 2.05) is 0 Å². The number of hydrogen-bond acceptors (Lipinski definition) is 5. The van der Waals surface area contributed by atoms with E-state index in [0.29, 0.717) is 0 Å². The molecule has 6 unspecified atom stereocenters. The standard InChI is InChI=1S/C46H94O5/c1-5-9-13-15-17-19-21-23-25-27-29-33-37-41(35-31-11-7-3)45(43(49)39-47)51-46(44(50)40-48)42(36-32-12-8-4)38-34-30-28-26-24-22-20-18-16-14-10-6-2/h41-50H,5-40H2,1-4H3. The Labute approximate surface area is 319 Å². The van der Waals surface area contributed by atoms with E-state index in [4.69, 9.17) is 4.74 Å². The maximum atomic E-state index is 11.2. The van der Waals surface area contributed by atoms with Crippen LogP contribution in [0.4, 0.5) is 0 Å². The number of ether oxygens (including phenoxy) is 1. The molecule has 0 rings (SSSR count). The van der Waals surface area contributed by atoms with Gasteiger partial charge in [0.25, 0.3) is 0 Å². The molecule has 0 saturated carbocycles. The Morgan fingerprint density at radius 2 is 0.510 bits per heavy atom. The fraction of sp³-hybridized carbons (Fsp3) is 1.00. The second-order valence-electron chi connectivity index (χ2n) is 16.4. The normalized spacial score (nSPS) is 15.5. The molecular formula is C46H94O5. The van der Waals surface area contributed by atoms with Gasteiger partial charge in [-0.05, 0) is 37.5 Å². The van der Waals surface area contributed by atoms with E-state index in [9.17, 15) is 20.4 Å². The molecule has 5 nitrogen and oxygen atoms in total. The van der Waals surface area contributed by atoms with Crippen LogP contribution in [-0.2, 0) is 4.74 Å². The predicted octanol–water partition coefficient (Wildman–Crippen LogP) is 13.0. The molecule has 0 aliphatic heterocycles. The van der Waals surface area contributed by atoms with Crippen molar-refractivity contribution in [2.45, 2.75) is 270 Å². The summed E-state index contributed by atoms with van der Waals surface area (Å²) in [6, 6.07) is 0. The highest BCUT2D eigenvalue weighted by Gasteiger charge is 2.36. The molecular weight excluding hydrogens is 633 g/mol. The van der Waals surface area contributed by atoms with Gasteiger partial charge in [0.15, 0.2) is 0 Å². The molecule has 308 valence electrons. The topological polar surface area (TPSA) is 90.2 Å². The van der Waals surface area contributed by atoms with E-state index in [1.165, 1.54) is 141 Å². The number of aliphatic hydroxyl groups is 4. The van der Waals surface area contributed by atoms with Crippen molar-refractivity contribution in [1.29, 1.82) is 0 Å². The number of unbranched alkanes of at least 4 members (excludes halogenated alkanes) is 26. The van der Waals surface area contributed by atoms with Crippen molar-refractivity contribution in [3.63, 3.8) is 0 Å². The van der Waals surface area contributed by atoms with Crippen LogP contribution < -0.4 is 0 Å². The first kappa shape index (κ1) is 50.8. The van der Waals surface area contributed by atoms with Crippen LogP contribution in [0.5, 0.6) is 0 Å². The molecule has 0 radical (unpaired) electrons. The SMILES string of the molecule is CCCCCCCCCCCCCCC(CCCCC)C(OC(C(O)CO)C(CCCCC)CCCCCCCCCCCCCC)C(O)CO. The molecule has 0 aliphatic carbocycles. The third-order valence-electron chi connectivity index (χ3n) is 11.6. The molecule has 0 aromatic rings. The zero-order valence-corrected chi connectivity index (χ0v) is 35.1. The minimum absolute atomic E-state index is 0.137. The van der Waals surface area contributed by atoms with Gasteiger partial charge in [-0.25, -0.2) is 0 Å². The first-order valence-corrected chi connectivity index (χ1v) is 23.2. The monoisotopic (exact) mass is 727 g/mol. The van der Waals surface area contributed by atoms with Gasteiger partial charge in [-0.15, -0.1) is 0 Å². The van der Waals surface area contributed by atoms with Gasteiger partial charge in [0, 0.05) is 0 Å². The van der Waals surface area contributed by atoms with Crippen LogP contribution in [0, 0.1) is 11.8 Å². The van der Waals surface area contributed by atoms with E-state index in [0.717, 1.165) is 77.0 Å². The molecule has 0 saturated heterocycles. The van der Waals surface area contributed by atoms with Gasteiger partial charge in [0.1, 0.15) is 12.2 Å². The quantitative estimate of drug-likeness (QED) is 0.0470. The van der Waals surface area contributed by atoms with E-state index >= 15 is 0 Å². The molecule has 0 aliphatic rings. The summed E-state index contributed by atoms with van der Waals surface area (Å²) in [6.07, 6.45) is 39.2. The highest BCUT2D eigenvalue weighted by molar-refractivity contribution is 4.85. The van der Waals surface area contributed by atoms with Crippen LogP contribution in [0.2, 0.25) is 0 Å². The third-order valence-corrected chi connectivity index (χ3v) is 11.6. The minimum atomic E-state index is -0.981. The van der Waals surface area contributed by atoms with Crippen LogP contribution in [0.3, 0.4) is 0 Å². The highest BCUT2D eigenvalue weighted by Crippen LogP contribution is 2.32. The fourth-order valence-corrected chi connectivity index (χ4v) is 8.17. The van der Waals surface area contributed by atoms with Crippen LogP contribution in [-0.4, -0.2) is 58.1 Å². The van der Waals surface area contributed by atoms with E-state index in [-0.39, 0.29) is 25.0 Å². The van der Waals surface area contributed by atoms with Gasteiger partial charge >= 0.3 is 0 Å². The first-order chi connectivity index (χ1) is 25.0. The maximum absolute atomic E-state index is 11.2. The van der Waals surface area contributed by atoms with Gasteiger partial charge in [-0.3, -0.25) is 0 Å². The molecule has 0 heterocycles. The van der Waals surface area contributed by atoms with E-state index in [2.05, 4.69) is 27.7 Å². The summed E-state index contributed by atoms with van der Waals surface area (Å²) in [4.78, 5) is 0. The van der Waals surface area contributed by atoms with Crippen LogP contribution >= 0.6 is 0 Å². The van der Waals surface area contributed by atoms with Crippen LogP contribution in [0.15, 0.2) is 0 Å². The van der Waals surface area contributed by atoms with Crippen molar-refractivity contribution in [3.8, 4) is 0 Å². The molecule has 0 amide bonds. The largest absolute Gasteiger partial charge is 0.394 e. The van der Waals surface area contributed by atoms with Crippen LogP contribution in [0.25, 0.3) is 0 Å². The van der Waals surface area contributed by atoms with Gasteiger partial charge in [-0.2, -0.15) is 0 Å². The molecule has 6 atom stereocenters. The summed E-state index contributed by atoms with van der Waals surface area (Å²) in [5.74, 6) is 0.274. The lowest BCUT2D eigenvalue weighted by Gasteiger charge is -2.38. The Kier molecular flexibility index (Phi) is 39.3. The highest BCUT2D eigenvalue weighted by atomic mass is 16.5. The Bertz CT molecular complexity index is 606. The predicted molar refractivity (Wildman–Crippen MR) is 222 cm³/mol. The number of hydrogen-bond donors (Lipinski definition) is 4. The summed E-state index contributed by atoms with van der Waals surface area (Å²) in [5.41, 5.74) is 0. The Hall–Kier alpha value is -0.200. The van der Waals surface area contributed by atoms with Gasteiger partial charge in [0.05, 0.1) is 25.4 Å². The van der Waals surface area contributed by atoms with E-state index < -0.39 is 24.4 Å². The van der Waals surface area contributed by atoms with Crippen molar-refractivity contribution in [1.82, 2.24) is 0 Å². The second kappa shape index (κ2) is 39.5. The van der Waals surface area contributed by atoms with Crippen molar-refractivity contribution < 1.29 is 25.2 Å². The average Bonchev–Trinajstić information content (AvgIpc) is 3.14. The molecule has 0 fully saturated rings. The summed E-state index contributed by atoms with van der Waals surface area (Å²) < 4.78 is 6.84. The number of aliphatic hydroxyl groups excluding tert-OH is 4. The zero-order chi connectivity index (χ0) is 37.6.